The van der Waals surface area contributed by atoms with Gasteiger partial charge in [-0.05, 0) is 31.9 Å². The van der Waals surface area contributed by atoms with E-state index in [2.05, 4.69) is 15.3 Å². The van der Waals surface area contributed by atoms with Gasteiger partial charge in [0.25, 0.3) is 6.43 Å². The first-order chi connectivity index (χ1) is 9.03. The van der Waals surface area contributed by atoms with Crippen LogP contribution in [0.25, 0.3) is 11.3 Å². The van der Waals surface area contributed by atoms with Crippen molar-refractivity contribution < 1.29 is 13.2 Å². The standard InChI is InChI=1S/C12H11F3N4/c1-7-8(2-3-10(13)16-7)9-6-19(18-17-9)12(4-5-12)11(14)15/h2-3,6,11H,4-5H2,1H3. The summed E-state index contributed by atoms with van der Waals surface area (Å²) in [5.41, 5.74) is 0.274. The number of aryl methyl sites for hydroxylation is 1. The Morgan fingerprint density at radius 1 is 1.32 bits per heavy atom. The van der Waals surface area contributed by atoms with E-state index in [1.807, 2.05) is 0 Å². The molecule has 0 spiro atoms. The van der Waals surface area contributed by atoms with Crippen molar-refractivity contribution >= 4 is 0 Å². The third-order valence-electron chi connectivity index (χ3n) is 3.45. The van der Waals surface area contributed by atoms with Gasteiger partial charge in [0.1, 0.15) is 11.2 Å². The molecule has 2 aromatic heterocycles. The molecule has 2 heterocycles. The zero-order chi connectivity index (χ0) is 13.6. The van der Waals surface area contributed by atoms with E-state index in [9.17, 15) is 13.2 Å². The summed E-state index contributed by atoms with van der Waals surface area (Å²) < 4.78 is 40.0. The zero-order valence-electron chi connectivity index (χ0n) is 10.1. The molecule has 19 heavy (non-hydrogen) atoms. The normalized spacial score (nSPS) is 16.9. The van der Waals surface area contributed by atoms with Gasteiger partial charge in [0.15, 0.2) is 0 Å². The molecule has 0 bridgehead atoms. The smallest absolute Gasteiger partial charge is 0.240 e. The molecule has 100 valence electrons. The van der Waals surface area contributed by atoms with Gasteiger partial charge < -0.3 is 0 Å². The highest BCUT2D eigenvalue weighted by molar-refractivity contribution is 5.60. The Labute approximate surface area is 107 Å². The molecule has 1 fully saturated rings. The van der Waals surface area contributed by atoms with E-state index in [0.717, 1.165) is 0 Å². The summed E-state index contributed by atoms with van der Waals surface area (Å²) in [5, 5.41) is 7.66. The summed E-state index contributed by atoms with van der Waals surface area (Å²) in [6.07, 6.45) is -0.196. The molecular weight excluding hydrogens is 257 g/mol. The number of hydrogen-bond acceptors (Lipinski definition) is 3. The van der Waals surface area contributed by atoms with Crippen molar-refractivity contribution in [2.24, 2.45) is 0 Å². The molecule has 0 amide bonds. The lowest BCUT2D eigenvalue weighted by Crippen LogP contribution is -2.26. The lowest BCUT2D eigenvalue weighted by atomic mass is 10.1. The van der Waals surface area contributed by atoms with Gasteiger partial charge in [-0.15, -0.1) is 5.10 Å². The van der Waals surface area contributed by atoms with Crippen LogP contribution in [0.4, 0.5) is 13.2 Å². The summed E-state index contributed by atoms with van der Waals surface area (Å²) in [6.45, 7) is 1.64. The third kappa shape index (κ3) is 1.89. The second-order valence-corrected chi connectivity index (χ2v) is 4.72. The highest BCUT2D eigenvalue weighted by atomic mass is 19.3. The van der Waals surface area contributed by atoms with Crippen molar-refractivity contribution in [1.29, 1.82) is 0 Å². The van der Waals surface area contributed by atoms with Crippen molar-refractivity contribution in [2.75, 3.05) is 0 Å². The third-order valence-corrected chi connectivity index (χ3v) is 3.45. The van der Waals surface area contributed by atoms with E-state index in [1.54, 1.807) is 6.92 Å². The molecule has 0 aromatic carbocycles. The number of hydrogen-bond donors (Lipinski definition) is 0. The topological polar surface area (TPSA) is 43.6 Å². The molecular formula is C12H11F3N4. The molecule has 0 N–H and O–H groups in total. The number of rotatable bonds is 3. The Kier molecular flexibility index (Phi) is 2.58. The summed E-state index contributed by atoms with van der Waals surface area (Å²) in [6, 6.07) is 2.73. The predicted molar refractivity (Wildman–Crippen MR) is 61.2 cm³/mol. The van der Waals surface area contributed by atoms with Crippen LogP contribution in [0.2, 0.25) is 0 Å². The van der Waals surface area contributed by atoms with Gasteiger partial charge in [-0.2, -0.15) is 4.39 Å². The fraction of sp³-hybridized carbons (Fsp3) is 0.417. The molecule has 2 aromatic rings. The van der Waals surface area contributed by atoms with Crippen molar-refractivity contribution in [3.05, 3.63) is 30.0 Å². The molecule has 0 radical (unpaired) electrons. The molecule has 0 atom stereocenters. The Bertz CT molecular complexity index is 619. The fourth-order valence-corrected chi connectivity index (χ4v) is 2.08. The van der Waals surface area contributed by atoms with Crippen LogP contribution in [0.3, 0.4) is 0 Å². The lowest BCUT2D eigenvalue weighted by molar-refractivity contribution is 0.0593. The van der Waals surface area contributed by atoms with Gasteiger partial charge in [-0.3, -0.25) is 0 Å². The molecule has 0 aliphatic heterocycles. The van der Waals surface area contributed by atoms with E-state index in [4.69, 9.17) is 0 Å². The molecule has 3 rings (SSSR count). The van der Waals surface area contributed by atoms with Crippen LogP contribution in [0.15, 0.2) is 18.3 Å². The molecule has 1 saturated carbocycles. The number of alkyl halides is 2. The van der Waals surface area contributed by atoms with Gasteiger partial charge in [0, 0.05) is 5.56 Å². The molecule has 1 aliphatic rings. The minimum Gasteiger partial charge on any atom is -0.240 e. The number of halogens is 3. The van der Waals surface area contributed by atoms with Gasteiger partial charge in [-0.1, -0.05) is 5.21 Å². The quantitative estimate of drug-likeness (QED) is 0.803. The summed E-state index contributed by atoms with van der Waals surface area (Å²) >= 11 is 0. The summed E-state index contributed by atoms with van der Waals surface area (Å²) in [4.78, 5) is 3.68. The van der Waals surface area contributed by atoms with Gasteiger partial charge in [-0.25, -0.2) is 18.4 Å². The van der Waals surface area contributed by atoms with Crippen LogP contribution in [0.1, 0.15) is 18.5 Å². The maximum absolute atomic E-state index is 13.0. The van der Waals surface area contributed by atoms with E-state index >= 15 is 0 Å². The molecule has 0 saturated heterocycles. The molecule has 7 heteroatoms. The van der Waals surface area contributed by atoms with Gasteiger partial charge in [0.05, 0.1) is 11.9 Å². The first-order valence-electron chi connectivity index (χ1n) is 5.87. The van der Waals surface area contributed by atoms with Crippen molar-refractivity contribution in [3.8, 4) is 11.3 Å². The minimum absolute atomic E-state index is 0.397. The minimum atomic E-state index is -2.46. The van der Waals surface area contributed by atoms with Gasteiger partial charge in [0.2, 0.25) is 5.95 Å². The second-order valence-electron chi connectivity index (χ2n) is 4.72. The average Bonchev–Trinajstić information content (AvgIpc) is 3.03. The lowest BCUT2D eigenvalue weighted by Gasteiger charge is -2.12. The molecule has 1 aliphatic carbocycles. The maximum atomic E-state index is 13.0. The van der Waals surface area contributed by atoms with Crippen LogP contribution >= 0.6 is 0 Å². The SMILES string of the molecule is Cc1nc(F)ccc1-c1cn(C2(C(F)F)CC2)nn1. The monoisotopic (exact) mass is 268 g/mol. The zero-order valence-corrected chi connectivity index (χ0v) is 10.1. The summed E-state index contributed by atoms with van der Waals surface area (Å²) in [5.74, 6) is -0.583. The number of nitrogens with zero attached hydrogens (tertiary/aromatic N) is 4. The fourth-order valence-electron chi connectivity index (χ4n) is 2.08. The summed E-state index contributed by atoms with van der Waals surface area (Å²) in [7, 11) is 0. The Morgan fingerprint density at radius 3 is 2.63 bits per heavy atom. The maximum Gasteiger partial charge on any atom is 0.263 e. The molecule has 0 unspecified atom stereocenters. The van der Waals surface area contributed by atoms with Crippen LogP contribution < -0.4 is 0 Å². The van der Waals surface area contributed by atoms with E-state index in [1.165, 1.54) is 23.0 Å². The largest absolute Gasteiger partial charge is 0.263 e. The van der Waals surface area contributed by atoms with E-state index in [-0.39, 0.29) is 0 Å². The number of pyridine rings is 1. The molecule has 4 nitrogen and oxygen atoms in total. The van der Waals surface area contributed by atoms with Crippen molar-refractivity contribution in [1.82, 2.24) is 20.0 Å². The van der Waals surface area contributed by atoms with Crippen molar-refractivity contribution in [3.63, 3.8) is 0 Å². The van der Waals surface area contributed by atoms with Crippen LogP contribution in [0, 0.1) is 12.9 Å². The Morgan fingerprint density at radius 2 is 2.05 bits per heavy atom. The predicted octanol–water partition coefficient (Wildman–Crippen LogP) is 2.54. The van der Waals surface area contributed by atoms with Crippen molar-refractivity contribution in [2.45, 2.75) is 31.7 Å². The van der Waals surface area contributed by atoms with Gasteiger partial charge >= 0.3 is 0 Å². The van der Waals surface area contributed by atoms with Crippen LogP contribution in [-0.4, -0.2) is 26.4 Å². The van der Waals surface area contributed by atoms with E-state index < -0.39 is 17.9 Å². The second kappa shape index (κ2) is 4.04. The highest BCUT2D eigenvalue weighted by Gasteiger charge is 2.54. The van der Waals surface area contributed by atoms with Crippen LogP contribution in [0.5, 0.6) is 0 Å². The average molecular weight is 268 g/mol. The van der Waals surface area contributed by atoms with E-state index in [0.29, 0.717) is 29.8 Å². The number of aromatic nitrogens is 4. The first-order valence-corrected chi connectivity index (χ1v) is 5.87. The Hall–Kier alpha value is -1.92. The van der Waals surface area contributed by atoms with Crippen LogP contribution in [-0.2, 0) is 5.54 Å². The highest BCUT2D eigenvalue weighted by Crippen LogP contribution is 2.48. The first kappa shape index (κ1) is 12.1. The Balaban J connectivity index is 1.98.